The van der Waals surface area contributed by atoms with Crippen LogP contribution in [0.25, 0.3) is 5.69 Å². The van der Waals surface area contributed by atoms with Gasteiger partial charge in [0, 0.05) is 11.6 Å². The van der Waals surface area contributed by atoms with Crippen LogP contribution in [-0.4, -0.2) is 25.9 Å². The van der Waals surface area contributed by atoms with Crippen molar-refractivity contribution in [3.63, 3.8) is 0 Å². The minimum absolute atomic E-state index is 0.149. The van der Waals surface area contributed by atoms with Crippen molar-refractivity contribution in [1.29, 1.82) is 5.26 Å². The van der Waals surface area contributed by atoms with E-state index >= 15 is 0 Å². The summed E-state index contributed by atoms with van der Waals surface area (Å²) in [5.74, 6) is 1.26. The van der Waals surface area contributed by atoms with Crippen LogP contribution < -0.4 is 5.32 Å². The number of aromatic nitrogens is 3. The Balaban J connectivity index is 1.49. The van der Waals surface area contributed by atoms with Gasteiger partial charge in [0.25, 0.3) is 0 Å². The fraction of sp³-hybridized carbons (Fsp3) is 0.238. The third-order valence-corrected chi connectivity index (χ3v) is 5.42. The summed E-state index contributed by atoms with van der Waals surface area (Å²) in [6.45, 7) is 1.83. The van der Waals surface area contributed by atoms with Gasteiger partial charge in [0.05, 0.1) is 22.6 Å². The smallest absolute Gasteiger partial charge is 0.237 e. The van der Waals surface area contributed by atoms with Crippen LogP contribution in [0.3, 0.4) is 0 Å². The summed E-state index contributed by atoms with van der Waals surface area (Å²) >= 11 is 1.34. The predicted octanol–water partition coefficient (Wildman–Crippen LogP) is 4.14. The Labute approximate surface area is 167 Å². The van der Waals surface area contributed by atoms with Crippen LogP contribution in [0, 0.1) is 11.3 Å². The highest BCUT2D eigenvalue weighted by molar-refractivity contribution is 8.00. The number of nitrogens with one attached hydrogen (secondary N) is 1. The molecule has 140 valence electrons. The summed E-state index contributed by atoms with van der Waals surface area (Å²) in [4.78, 5) is 17.2. The van der Waals surface area contributed by atoms with Gasteiger partial charge in [-0.25, -0.2) is 9.67 Å². The Morgan fingerprint density at radius 3 is 2.75 bits per heavy atom. The Kier molecular flexibility index (Phi) is 5.13. The number of amides is 1. The first-order chi connectivity index (χ1) is 13.6. The molecule has 1 N–H and O–H groups in total. The highest BCUT2D eigenvalue weighted by atomic mass is 32.2. The molecule has 0 saturated heterocycles. The Morgan fingerprint density at radius 1 is 1.25 bits per heavy atom. The number of carbonyl (C=O) groups excluding carboxylic acids is 1. The molecule has 1 amide bonds. The van der Waals surface area contributed by atoms with Gasteiger partial charge in [-0.05, 0) is 50.1 Å². The third kappa shape index (κ3) is 4.07. The molecule has 1 heterocycles. The van der Waals surface area contributed by atoms with Crippen LogP contribution in [0.5, 0.6) is 0 Å². The van der Waals surface area contributed by atoms with E-state index < -0.39 is 0 Å². The molecule has 0 bridgehead atoms. The quantitative estimate of drug-likeness (QED) is 0.641. The van der Waals surface area contributed by atoms with E-state index in [2.05, 4.69) is 16.5 Å². The van der Waals surface area contributed by atoms with Gasteiger partial charge in [-0.15, -0.1) is 5.10 Å². The normalized spacial score (nSPS) is 14.3. The number of rotatable bonds is 6. The molecule has 0 aliphatic heterocycles. The summed E-state index contributed by atoms with van der Waals surface area (Å²) in [7, 11) is 0. The first-order valence-electron chi connectivity index (χ1n) is 9.14. The molecule has 6 nitrogen and oxygen atoms in total. The van der Waals surface area contributed by atoms with E-state index in [-0.39, 0.29) is 11.2 Å². The van der Waals surface area contributed by atoms with Gasteiger partial charge in [-0.2, -0.15) is 5.26 Å². The summed E-state index contributed by atoms with van der Waals surface area (Å²) in [6.07, 6.45) is 2.25. The Bertz CT molecular complexity index is 1040. The van der Waals surface area contributed by atoms with Gasteiger partial charge in [0.2, 0.25) is 11.1 Å². The number of para-hydroxylation sites is 1. The van der Waals surface area contributed by atoms with E-state index in [0.29, 0.717) is 22.3 Å². The molecule has 3 aromatic rings. The van der Waals surface area contributed by atoms with E-state index in [1.807, 2.05) is 41.9 Å². The lowest BCUT2D eigenvalue weighted by Crippen LogP contribution is -2.22. The van der Waals surface area contributed by atoms with Crippen LogP contribution in [0.15, 0.2) is 59.8 Å². The minimum Gasteiger partial charge on any atom is -0.325 e. The van der Waals surface area contributed by atoms with Crippen LogP contribution in [0.2, 0.25) is 0 Å². The third-order valence-electron chi connectivity index (χ3n) is 4.47. The first-order valence-corrected chi connectivity index (χ1v) is 10.0. The fourth-order valence-corrected chi connectivity index (χ4v) is 3.60. The molecular formula is C21H19N5OS. The second-order valence-electron chi connectivity index (χ2n) is 6.72. The summed E-state index contributed by atoms with van der Waals surface area (Å²) in [5.41, 5.74) is 2.10. The first kappa shape index (κ1) is 18.3. The van der Waals surface area contributed by atoms with E-state index in [1.54, 1.807) is 24.3 Å². The summed E-state index contributed by atoms with van der Waals surface area (Å²) < 4.78 is 1.89. The second kappa shape index (κ2) is 7.87. The number of nitriles is 1. The molecule has 0 radical (unpaired) electrons. The van der Waals surface area contributed by atoms with E-state index in [1.165, 1.54) is 11.8 Å². The lowest BCUT2D eigenvalue weighted by Gasteiger charge is -2.10. The van der Waals surface area contributed by atoms with Gasteiger partial charge < -0.3 is 5.32 Å². The number of hydrogen-bond donors (Lipinski definition) is 1. The SMILES string of the molecule is C[C@H](Sc1nc(C2CC2)n(-c2ccccc2)n1)C(=O)Nc1cccc(C#N)c1. The number of benzene rings is 2. The highest BCUT2D eigenvalue weighted by Gasteiger charge is 2.31. The molecule has 28 heavy (non-hydrogen) atoms. The van der Waals surface area contributed by atoms with Crippen LogP contribution in [0.1, 0.15) is 37.1 Å². The van der Waals surface area contributed by atoms with Gasteiger partial charge >= 0.3 is 0 Å². The lowest BCUT2D eigenvalue weighted by molar-refractivity contribution is -0.115. The van der Waals surface area contributed by atoms with E-state index in [4.69, 9.17) is 10.2 Å². The number of anilines is 1. The van der Waals surface area contributed by atoms with Gasteiger partial charge in [0.15, 0.2) is 0 Å². The Morgan fingerprint density at radius 2 is 2.04 bits per heavy atom. The molecule has 2 aromatic carbocycles. The van der Waals surface area contributed by atoms with E-state index in [9.17, 15) is 4.79 Å². The largest absolute Gasteiger partial charge is 0.325 e. The van der Waals surface area contributed by atoms with Gasteiger partial charge in [0.1, 0.15) is 5.82 Å². The number of nitrogens with zero attached hydrogens (tertiary/aromatic N) is 4. The summed E-state index contributed by atoms with van der Waals surface area (Å²) in [6, 6.07) is 18.9. The van der Waals surface area contributed by atoms with Crippen LogP contribution >= 0.6 is 11.8 Å². The molecule has 1 aliphatic carbocycles. The van der Waals surface area contributed by atoms with Crippen LogP contribution in [0.4, 0.5) is 5.69 Å². The number of hydrogen-bond acceptors (Lipinski definition) is 5. The lowest BCUT2D eigenvalue weighted by atomic mass is 10.2. The molecule has 0 unspecified atom stereocenters. The van der Waals surface area contributed by atoms with Crippen molar-refractivity contribution in [3.05, 3.63) is 66.0 Å². The van der Waals surface area contributed by atoms with E-state index in [0.717, 1.165) is 24.4 Å². The van der Waals surface area contributed by atoms with Crippen molar-refractivity contribution in [2.45, 2.75) is 36.1 Å². The van der Waals surface area contributed by atoms with Crippen molar-refractivity contribution in [2.75, 3.05) is 5.32 Å². The topological polar surface area (TPSA) is 83.6 Å². The molecule has 1 atom stereocenters. The average molecular weight is 389 g/mol. The van der Waals surface area contributed by atoms with Crippen molar-refractivity contribution in [2.24, 2.45) is 0 Å². The molecule has 0 spiro atoms. The zero-order valence-electron chi connectivity index (χ0n) is 15.4. The number of thioether (sulfide) groups is 1. The Hall–Kier alpha value is -3.11. The molecule has 4 rings (SSSR count). The molecule has 1 fully saturated rings. The fourth-order valence-electron chi connectivity index (χ4n) is 2.84. The monoisotopic (exact) mass is 389 g/mol. The van der Waals surface area contributed by atoms with Crippen molar-refractivity contribution in [3.8, 4) is 11.8 Å². The summed E-state index contributed by atoms with van der Waals surface area (Å²) in [5, 5.41) is 16.7. The predicted molar refractivity (Wildman–Crippen MR) is 108 cm³/mol. The minimum atomic E-state index is -0.371. The molecule has 1 aromatic heterocycles. The maximum absolute atomic E-state index is 12.5. The number of carbonyl (C=O) groups is 1. The molecule has 1 aliphatic rings. The van der Waals surface area contributed by atoms with Crippen molar-refractivity contribution < 1.29 is 4.79 Å². The van der Waals surface area contributed by atoms with Crippen molar-refractivity contribution in [1.82, 2.24) is 14.8 Å². The zero-order valence-corrected chi connectivity index (χ0v) is 16.2. The average Bonchev–Trinajstić information content (AvgIpc) is 3.49. The maximum Gasteiger partial charge on any atom is 0.237 e. The molecule has 7 heteroatoms. The standard InChI is InChI=1S/C21H19N5OS/c1-14(20(27)23-17-7-5-6-15(12-17)13-22)28-21-24-19(16-10-11-16)26(25-21)18-8-3-2-4-9-18/h2-9,12,14,16H,10-11H2,1H3,(H,23,27)/t14-/m0/s1. The van der Waals surface area contributed by atoms with Gasteiger partial charge in [-0.1, -0.05) is 36.0 Å². The van der Waals surface area contributed by atoms with Crippen LogP contribution in [-0.2, 0) is 4.79 Å². The molecular weight excluding hydrogens is 370 g/mol. The molecule has 1 saturated carbocycles. The second-order valence-corrected chi connectivity index (χ2v) is 8.02. The highest BCUT2D eigenvalue weighted by Crippen LogP contribution is 2.40. The zero-order chi connectivity index (χ0) is 19.5. The van der Waals surface area contributed by atoms with Crippen molar-refractivity contribution >= 4 is 23.4 Å². The maximum atomic E-state index is 12.5. The van der Waals surface area contributed by atoms with Gasteiger partial charge in [-0.3, -0.25) is 4.79 Å².